The maximum absolute atomic E-state index is 12.1. The summed E-state index contributed by atoms with van der Waals surface area (Å²) in [7, 11) is 0. The monoisotopic (exact) mass is 361 g/mol. The van der Waals surface area contributed by atoms with E-state index in [4.69, 9.17) is 21.4 Å². The van der Waals surface area contributed by atoms with E-state index in [1.807, 2.05) is 12.1 Å². The molecular weight excluding hydrogens is 342 g/mol. The molecule has 2 N–H and O–H groups in total. The maximum atomic E-state index is 12.1. The Labute approximate surface area is 151 Å². The summed E-state index contributed by atoms with van der Waals surface area (Å²) >= 11 is 5.84. The molecular formula is C19H20ClNO4. The topological polar surface area (TPSA) is 75.6 Å². The Bertz CT molecular complexity index is 713. The molecule has 0 heterocycles. The van der Waals surface area contributed by atoms with Crippen molar-refractivity contribution in [3.05, 3.63) is 64.7 Å². The predicted octanol–water partition coefficient (Wildman–Crippen LogP) is 3.61. The Morgan fingerprint density at radius 1 is 1.12 bits per heavy atom. The summed E-state index contributed by atoms with van der Waals surface area (Å²) in [6.45, 7) is 1.87. The predicted molar refractivity (Wildman–Crippen MR) is 95.9 cm³/mol. The highest BCUT2D eigenvalue weighted by molar-refractivity contribution is 6.30. The average Bonchev–Trinajstić information content (AvgIpc) is 2.60. The molecule has 0 fully saturated rings. The number of carboxylic acids is 1. The van der Waals surface area contributed by atoms with Gasteiger partial charge in [-0.3, -0.25) is 9.59 Å². The van der Waals surface area contributed by atoms with Gasteiger partial charge in [0.15, 0.2) is 6.61 Å². The third-order valence-electron chi connectivity index (χ3n) is 3.69. The van der Waals surface area contributed by atoms with Gasteiger partial charge in [0.05, 0.1) is 12.5 Å². The third-order valence-corrected chi connectivity index (χ3v) is 3.94. The zero-order chi connectivity index (χ0) is 18.2. The number of aryl methyl sites for hydroxylation is 1. The fraction of sp³-hybridized carbons (Fsp3) is 0.263. The number of ether oxygens (including phenoxy) is 1. The van der Waals surface area contributed by atoms with Crippen molar-refractivity contribution in [1.82, 2.24) is 5.32 Å². The summed E-state index contributed by atoms with van der Waals surface area (Å²) < 4.78 is 5.45. The van der Waals surface area contributed by atoms with Crippen LogP contribution in [0.3, 0.4) is 0 Å². The molecule has 0 aliphatic carbocycles. The molecule has 1 atom stereocenters. The van der Waals surface area contributed by atoms with E-state index < -0.39 is 12.0 Å². The zero-order valence-electron chi connectivity index (χ0n) is 13.9. The molecule has 0 aliphatic heterocycles. The van der Waals surface area contributed by atoms with Crippen LogP contribution in [0.2, 0.25) is 5.02 Å². The quantitative estimate of drug-likeness (QED) is 0.753. The second-order valence-corrected chi connectivity index (χ2v) is 5.99. The van der Waals surface area contributed by atoms with Crippen LogP contribution in [0.1, 0.15) is 30.5 Å². The fourth-order valence-corrected chi connectivity index (χ4v) is 2.45. The minimum atomic E-state index is -1.00. The molecule has 2 aromatic carbocycles. The number of hydrogen-bond acceptors (Lipinski definition) is 3. The number of benzene rings is 2. The van der Waals surface area contributed by atoms with Crippen LogP contribution in [0.4, 0.5) is 0 Å². The van der Waals surface area contributed by atoms with Crippen LogP contribution in [0, 0.1) is 0 Å². The molecule has 25 heavy (non-hydrogen) atoms. The molecule has 5 nitrogen and oxygen atoms in total. The second-order valence-electron chi connectivity index (χ2n) is 5.56. The standard InChI is InChI=1S/C19H20ClNO4/c1-2-13-3-9-16(10-4-13)25-12-18(22)21-17(11-19(23)24)14-5-7-15(20)8-6-14/h3-10,17H,2,11-12H2,1H3,(H,21,22)(H,23,24)/t17-/m1/s1. The molecule has 132 valence electrons. The van der Waals surface area contributed by atoms with E-state index in [1.54, 1.807) is 36.4 Å². The number of nitrogens with one attached hydrogen (secondary N) is 1. The lowest BCUT2D eigenvalue weighted by Crippen LogP contribution is -2.33. The van der Waals surface area contributed by atoms with Crippen molar-refractivity contribution in [2.45, 2.75) is 25.8 Å². The lowest BCUT2D eigenvalue weighted by atomic mass is 10.0. The number of amides is 1. The lowest BCUT2D eigenvalue weighted by Gasteiger charge is -2.18. The first kappa shape index (κ1) is 18.8. The Hall–Kier alpha value is -2.53. The Balaban J connectivity index is 1.96. The third kappa shape index (κ3) is 6.12. The van der Waals surface area contributed by atoms with E-state index in [0.717, 1.165) is 6.42 Å². The van der Waals surface area contributed by atoms with Crippen LogP contribution in [0.15, 0.2) is 48.5 Å². The summed E-state index contributed by atoms with van der Waals surface area (Å²) in [6, 6.07) is 13.5. The van der Waals surface area contributed by atoms with Crippen LogP contribution in [-0.2, 0) is 16.0 Å². The summed E-state index contributed by atoms with van der Waals surface area (Å²) in [5.41, 5.74) is 1.86. The van der Waals surface area contributed by atoms with Gasteiger partial charge < -0.3 is 15.2 Å². The average molecular weight is 362 g/mol. The molecule has 0 radical (unpaired) electrons. The van der Waals surface area contributed by atoms with Gasteiger partial charge in [0.2, 0.25) is 0 Å². The van der Waals surface area contributed by atoms with Crippen molar-refractivity contribution in [2.75, 3.05) is 6.61 Å². The van der Waals surface area contributed by atoms with Crippen LogP contribution in [0.5, 0.6) is 5.75 Å². The van der Waals surface area contributed by atoms with Crippen molar-refractivity contribution < 1.29 is 19.4 Å². The molecule has 0 saturated carbocycles. The number of carbonyl (C=O) groups excluding carboxylic acids is 1. The molecule has 1 amide bonds. The number of halogens is 1. The van der Waals surface area contributed by atoms with E-state index in [9.17, 15) is 9.59 Å². The number of aliphatic carboxylic acids is 1. The van der Waals surface area contributed by atoms with Crippen molar-refractivity contribution in [1.29, 1.82) is 0 Å². The van der Waals surface area contributed by atoms with Gasteiger partial charge in [-0.25, -0.2) is 0 Å². The molecule has 2 rings (SSSR count). The largest absolute Gasteiger partial charge is 0.484 e. The zero-order valence-corrected chi connectivity index (χ0v) is 14.6. The number of carboxylic acid groups (broad SMARTS) is 1. The van der Waals surface area contributed by atoms with Gasteiger partial charge in [0.25, 0.3) is 5.91 Å². The van der Waals surface area contributed by atoms with E-state index >= 15 is 0 Å². The van der Waals surface area contributed by atoms with Crippen molar-refractivity contribution in [2.24, 2.45) is 0 Å². The Kier molecular flexibility index (Phi) is 6.83. The molecule has 0 bridgehead atoms. The van der Waals surface area contributed by atoms with Crippen LogP contribution in [0.25, 0.3) is 0 Å². The highest BCUT2D eigenvalue weighted by Gasteiger charge is 2.18. The smallest absolute Gasteiger partial charge is 0.305 e. The molecule has 2 aromatic rings. The summed E-state index contributed by atoms with van der Waals surface area (Å²) in [4.78, 5) is 23.2. The van der Waals surface area contributed by atoms with Gasteiger partial charge in [-0.05, 0) is 41.8 Å². The van der Waals surface area contributed by atoms with Crippen LogP contribution in [-0.4, -0.2) is 23.6 Å². The minimum absolute atomic E-state index is 0.185. The number of carbonyl (C=O) groups is 2. The second kappa shape index (κ2) is 9.08. The highest BCUT2D eigenvalue weighted by atomic mass is 35.5. The Morgan fingerprint density at radius 2 is 1.76 bits per heavy atom. The van der Waals surface area contributed by atoms with Gasteiger partial charge in [-0.1, -0.05) is 42.8 Å². The van der Waals surface area contributed by atoms with Gasteiger partial charge in [-0.15, -0.1) is 0 Å². The molecule has 0 saturated heterocycles. The summed E-state index contributed by atoms with van der Waals surface area (Å²) in [6.07, 6.45) is 0.706. The molecule has 6 heteroatoms. The first-order valence-electron chi connectivity index (χ1n) is 7.96. The SMILES string of the molecule is CCc1ccc(OCC(=O)N[C@H](CC(=O)O)c2ccc(Cl)cc2)cc1. The normalized spacial score (nSPS) is 11.6. The van der Waals surface area contributed by atoms with Crippen molar-refractivity contribution in [3.63, 3.8) is 0 Å². The van der Waals surface area contributed by atoms with Gasteiger partial charge in [0, 0.05) is 5.02 Å². The van der Waals surface area contributed by atoms with E-state index in [0.29, 0.717) is 16.3 Å². The van der Waals surface area contributed by atoms with Gasteiger partial charge >= 0.3 is 5.97 Å². The maximum Gasteiger partial charge on any atom is 0.305 e. The first-order valence-corrected chi connectivity index (χ1v) is 8.34. The van der Waals surface area contributed by atoms with Crippen molar-refractivity contribution in [3.8, 4) is 5.75 Å². The summed E-state index contributed by atoms with van der Waals surface area (Å²) in [5.74, 6) is -0.800. The molecule has 0 aliphatic rings. The number of rotatable bonds is 8. The van der Waals surface area contributed by atoms with Gasteiger partial charge in [0.1, 0.15) is 5.75 Å². The molecule has 0 aromatic heterocycles. The van der Waals surface area contributed by atoms with E-state index in [1.165, 1.54) is 5.56 Å². The highest BCUT2D eigenvalue weighted by Crippen LogP contribution is 2.19. The van der Waals surface area contributed by atoms with Crippen molar-refractivity contribution >= 4 is 23.5 Å². The Morgan fingerprint density at radius 3 is 2.32 bits per heavy atom. The number of hydrogen-bond donors (Lipinski definition) is 2. The van der Waals surface area contributed by atoms with Crippen LogP contribution < -0.4 is 10.1 Å². The minimum Gasteiger partial charge on any atom is -0.484 e. The summed E-state index contributed by atoms with van der Waals surface area (Å²) in [5, 5.41) is 12.3. The van der Waals surface area contributed by atoms with Gasteiger partial charge in [-0.2, -0.15) is 0 Å². The lowest BCUT2D eigenvalue weighted by molar-refractivity contribution is -0.137. The van der Waals surface area contributed by atoms with E-state index in [2.05, 4.69) is 12.2 Å². The molecule has 0 unspecified atom stereocenters. The van der Waals surface area contributed by atoms with E-state index in [-0.39, 0.29) is 18.9 Å². The van der Waals surface area contributed by atoms with Crippen LogP contribution >= 0.6 is 11.6 Å². The molecule has 0 spiro atoms. The fourth-order valence-electron chi connectivity index (χ4n) is 2.33. The first-order chi connectivity index (χ1) is 12.0.